The van der Waals surface area contributed by atoms with E-state index in [1.165, 1.54) is 45.1 Å². The van der Waals surface area contributed by atoms with Crippen LogP contribution in [0.3, 0.4) is 0 Å². The maximum absolute atomic E-state index is 12.6. The summed E-state index contributed by atoms with van der Waals surface area (Å²) in [5.74, 6) is 0.515. The normalized spacial score (nSPS) is 29.8. The van der Waals surface area contributed by atoms with E-state index in [1.807, 2.05) is 11.8 Å². The molecule has 3 rings (SSSR count). The number of hydrogen-bond donors (Lipinski definition) is 1. The summed E-state index contributed by atoms with van der Waals surface area (Å²) in [5, 5.41) is 3.31. The van der Waals surface area contributed by atoms with Crippen LogP contribution >= 0.6 is 0 Å². The van der Waals surface area contributed by atoms with Gasteiger partial charge in [0, 0.05) is 44.2 Å². The minimum atomic E-state index is 0.143. The lowest BCUT2D eigenvalue weighted by atomic mass is 9.92. The molecule has 1 aliphatic carbocycles. The number of nitrogens with one attached hydrogen (secondary N) is 1. The quantitative estimate of drug-likeness (QED) is 0.839. The largest absolute Gasteiger partial charge is 0.381 e. The van der Waals surface area contributed by atoms with Crippen LogP contribution in [0.2, 0.25) is 0 Å². The van der Waals surface area contributed by atoms with Crippen LogP contribution in [-0.2, 0) is 4.74 Å². The number of piperidine rings is 1. The van der Waals surface area contributed by atoms with Gasteiger partial charge in [0.1, 0.15) is 0 Å². The zero-order valence-corrected chi connectivity index (χ0v) is 15.3. The molecule has 138 valence electrons. The number of hydrogen-bond acceptors (Lipinski definition) is 3. The highest BCUT2D eigenvalue weighted by Gasteiger charge is 2.31. The van der Waals surface area contributed by atoms with Crippen molar-refractivity contribution in [3.8, 4) is 0 Å². The van der Waals surface area contributed by atoms with Gasteiger partial charge in [-0.1, -0.05) is 19.3 Å². The minimum Gasteiger partial charge on any atom is -0.381 e. The molecular formula is C19H35N3O2. The van der Waals surface area contributed by atoms with Crippen molar-refractivity contribution in [1.29, 1.82) is 0 Å². The second-order valence-corrected chi connectivity index (χ2v) is 7.84. The number of amides is 2. The summed E-state index contributed by atoms with van der Waals surface area (Å²) in [6.45, 7) is 7.58. The maximum Gasteiger partial charge on any atom is 0.317 e. The molecule has 24 heavy (non-hydrogen) atoms. The Kier molecular flexibility index (Phi) is 6.78. The van der Waals surface area contributed by atoms with Crippen LogP contribution in [0.5, 0.6) is 0 Å². The van der Waals surface area contributed by atoms with Gasteiger partial charge in [-0.25, -0.2) is 4.79 Å². The van der Waals surface area contributed by atoms with Gasteiger partial charge in [0.15, 0.2) is 0 Å². The lowest BCUT2D eigenvalue weighted by Gasteiger charge is -2.40. The molecule has 5 nitrogen and oxygen atoms in total. The average molecular weight is 338 g/mol. The molecule has 2 aliphatic heterocycles. The molecule has 5 heteroatoms. The molecule has 0 unspecified atom stereocenters. The Bertz CT molecular complexity index is 398. The predicted octanol–water partition coefficient (Wildman–Crippen LogP) is 2.85. The molecular weight excluding hydrogens is 302 g/mol. The maximum atomic E-state index is 12.6. The van der Waals surface area contributed by atoms with E-state index in [9.17, 15) is 4.79 Å². The minimum absolute atomic E-state index is 0.143. The van der Waals surface area contributed by atoms with Crippen LogP contribution in [0, 0.1) is 5.92 Å². The van der Waals surface area contributed by atoms with Crippen molar-refractivity contribution in [2.24, 2.45) is 5.92 Å². The van der Waals surface area contributed by atoms with Gasteiger partial charge in [0.25, 0.3) is 0 Å². The second kappa shape index (κ2) is 9.04. The Labute approximate surface area is 147 Å². The Morgan fingerprint density at radius 1 is 1.04 bits per heavy atom. The van der Waals surface area contributed by atoms with Crippen LogP contribution < -0.4 is 5.32 Å². The number of ether oxygens (including phenoxy) is 1. The third-order valence-corrected chi connectivity index (χ3v) is 6.00. The summed E-state index contributed by atoms with van der Waals surface area (Å²) in [4.78, 5) is 17.2. The number of carbonyl (C=O) groups is 1. The van der Waals surface area contributed by atoms with Crippen molar-refractivity contribution in [3.63, 3.8) is 0 Å². The smallest absolute Gasteiger partial charge is 0.317 e. The van der Waals surface area contributed by atoms with Gasteiger partial charge >= 0.3 is 6.03 Å². The number of carbonyl (C=O) groups excluding carboxylic acids is 1. The van der Waals surface area contributed by atoms with Crippen molar-refractivity contribution in [2.45, 2.75) is 70.4 Å². The van der Waals surface area contributed by atoms with E-state index in [2.05, 4.69) is 10.2 Å². The molecule has 2 heterocycles. The van der Waals surface area contributed by atoms with Crippen LogP contribution in [0.1, 0.15) is 58.3 Å². The number of urea groups is 1. The summed E-state index contributed by atoms with van der Waals surface area (Å²) >= 11 is 0. The van der Waals surface area contributed by atoms with Gasteiger partial charge < -0.3 is 15.0 Å². The molecule has 0 aromatic heterocycles. The highest BCUT2D eigenvalue weighted by molar-refractivity contribution is 5.74. The number of rotatable bonds is 5. The lowest BCUT2D eigenvalue weighted by Crippen LogP contribution is -2.53. The first-order valence-corrected chi connectivity index (χ1v) is 10.1. The first kappa shape index (κ1) is 18.0. The van der Waals surface area contributed by atoms with Crippen molar-refractivity contribution in [3.05, 3.63) is 0 Å². The van der Waals surface area contributed by atoms with E-state index in [1.54, 1.807) is 0 Å². The molecule has 0 bridgehead atoms. The standard InChI is InChI=1S/C19H35N3O2/c1-2-24-15-16-10-12-22(13-16)19(23)20-17-7-6-11-21(14-17)18-8-4-3-5-9-18/h16-18H,2-15H2,1H3,(H,20,23)/t16-,17+/m0/s1. The van der Waals surface area contributed by atoms with Crippen LogP contribution in [0.4, 0.5) is 4.79 Å². The Morgan fingerprint density at radius 3 is 2.67 bits per heavy atom. The van der Waals surface area contributed by atoms with Crippen LogP contribution in [0.25, 0.3) is 0 Å². The van der Waals surface area contributed by atoms with Crippen molar-refractivity contribution in [1.82, 2.24) is 15.1 Å². The highest BCUT2D eigenvalue weighted by Crippen LogP contribution is 2.25. The van der Waals surface area contributed by atoms with E-state index in [-0.39, 0.29) is 6.03 Å². The average Bonchev–Trinajstić information content (AvgIpc) is 3.10. The zero-order chi connectivity index (χ0) is 16.8. The van der Waals surface area contributed by atoms with Gasteiger partial charge in [-0.2, -0.15) is 0 Å². The van der Waals surface area contributed by atoms with Gasteiger partial charge in [0.05, 0.1) is 6.61 Å². The summed E-state index contributed by atoms with van der Waals surface area (Å²) < 4.78 is 5.51. The van der Waals surface area contributed by atoms with Gasteiger partial charge in [-0.05, 0) is 45.6 Å². The molecule has 2 atom stereocenters. The Hall–Kier alpha value is -0.810. The lowest BCUT2D eigenvalue weighted by molar-refractivity contribution is 0.106. The van der Waals surface area contributed by atoms with E-state index >= 15 is 0 Å². The fraction of sp³-hybridized carbons (Fsp3) is 0.947. The molecule has 2 saturated heterocycles. The van der Waals surface area contributed by atoms with Crippen LogP contribution in [-0.4, -0.2) is 67.3 Å². The highest BCUT2D eigenvalue weighted by atomic mass is 16.5. The third-order valence-electron chi connectivity index (χ3n) is 6.00. The molecule has 3 fully saturated rings. The fourth-order valence-electron chi connectivity index (χ4n) is 4.61. The van der Waals surface area contributed by atoms with Crippen molar-refractivity contribution in [2.75, 3.05) is 39.4 Å². The van der Waals surface area contributed by atoms with Gasteiger partial charge in [0.2, 0.25) is 0 Å². The SMILES string of the molecule is CCOC[C@H]1CCN(C(=O)N[C@@H]2CCCN(C3CCCCC3)C2)C1. The second-order valence-electron chi connectivity index (χ2n) is 7.84. The van der Waals surface area contributed by atoms with E-state index in [0.717, 1.165) is 51.7 Å². The molecule has 0 radical (unpaired) electrons. The predicted molar refractivity (Wildman–Crippen MR) is 96.2 cm³/mol. The Morgan fingerprint density at radius 2 is 1.88 bits per heavy atom. The molecule has 3 aliphatic rings. The summed E-state index contributed by atoms with van der Waals surface area (Å²) in [6, 6.07) is 1.24. The molecule has 1 N–H and O–H groups in total. The first-order valence-electron chi connectivity index (χ1n) is 10.1. The van der Waals surface area contributed by atoms with Crippen LogP contribution in [0.15, 0.2) is 0 Å². The summed E-state index contributed by atoms with van der Waals surface area (Å²) in [7, 11) is 0. The topological polar surface area (TPSA) is 44.8 Å². The molecule has 0 aromatic carbocycles. The summed E-state index contributed by atoms with van der Waals surface area (Å²) in [6.07, 6.45) is 10.3. The van der Waals surface area contributed by atoms with Crippen molar-refractivity contribution >= 4 is 6.03 Å². The molecule has 2 amide bonds. The van der Waals surface area contributed by atoms with Gasteiger partial charge in [-0.3, -0.25) is 4.90 Å². The monoisotopic (exact) mass is 337 g/mol. The van der Waals surface area contributed by atoms with Crippen molar-refractivity contribution < 1.29 is 9.53 Å². The van der Waals surface area contributed by atoms with E-state index < -0.39 is 0 Å². The summed E-state index contributed by atoms with van der Waals surface area (Å²) in [5.41, 5.74) is 0. The molecule has 1 saturated carbocycles. The fourth-order valence-corrected chi connectivity index (χ4v) is 4.61. The molecule has 0 aromatic rings. The first-order chi connectivity index (χ1) is 11.8. The Balaban J connectivity index is 1.42. The van der Waals surface area contributed by atoms with Gasteiger partial charge in [-0.15, -0.1) is 0 Å². The number of nitrogens with zero attached hydrogens (tertiary/aromatic N) is 2. The number of likely N-dealkylation sites (tertiary alicyclic amines) is 2. The molecule has 0 spiro atoms. The van der Waals surface area contributed by atoms with E-state index in [0.29, 0.717) is 12.0 Å². The zero-order valence-electron chi connectivity index (χ0n) is 15.3. The van der Waals surface area contributed by atoms with E-state index in [4.69, 9.17) is 4.74 Å². The third kappa shape index (κ3) is 4.85.